The number of rotatable bonds is 4. The number of halogens is 2. The summed E-state index contributed by atoms with van der Waals surface area (Å²) >= 11 is 8.92. The summed E-state index contributed by atoms with van der Waals surface area (Å²) in [7, 11) is 0. The minimum absolute atomic E-state index is 0.0941. The van der Waals surface area contributed by atoms with E-state index in [1.54, 1.807) is 18.2 Å². The number of furan rings is 1. The Morgan fingerprint density at radius 1 is 0.931 bits per heavy atom. The highest BCUT2D eigenvalue weighted by Gasteiger charge is 2.15. The summed E-state index contributed by atoms with van der Waals surface area (Å²) in [4.78, 5) is 36.5. The zero-order chi connectivity index (χ0) is 21.0. The summed E-state index contributed by atoms with van der Waals surface area (Å²) in [5.41, 5.74) is 4.86. The Labute approximate surface area is 178 Å². The number of nitrogens with one attached hydrogen (secondary N) is 3. The molecule has 2 aromatic carbocycles. The van der Waals surface area contributed by atoms with Crippen LogP contribution in [0.5, 0.6) is 5.75 Å². The molecule has 148 valence electrons. The van der Waals surface area contributed by atoms with Gasteiger partial charge in [-0.15, -0.1) is 0 Å². The fraction of sp³-hybridized carbons (Fsp3) is 0. The van der Waals surface area contributed by atoms with Crippen LogP contribution in [-0.4, -0.2) is 22.8 Å². The van der Waals surface area contributed by atoms with Gasteiger partial charge in [-0.05, 0) is 64.5 Å². The summed E-state index contributed by atoms with van der Waals surface area (Å²) in [6.45, 7) is 0. The normalized spacial score (nSPS) is 10.3. The minimum atomic E-state index is -0.744. The molecular formula is C19H13BrClN3O5. The van der Waals surface area contributed by atoms with Crippen LogP contribution in [0.25, 0.3) is 0 Å². The second-order valence-electron chi connectivity index (χ2n) is 5.71. The van der Waals surface area contributed by atoms with Gasteiger partial charge in [0.2, 0.25) is 0 Å². The minimum Gasteiger partial charge on any atom is -0.507 e. The Hall–Kier alpha value is -3.30. The molecule has 0 aliphatic carbocycles. The molecule has 1 heterocycles. The topological polar surface area (TPSA) is 121 Å². The molecule has 8 nitrogen and oxygen atoms in total. The maximum absolute atomic E-state index is 12.3. The van der Waals surface area contributed by atoms with E-state index in [4.69, 9.17) is 16.0 Å². The summed E-state index contributed by atoms with van der Waals surface area (Å²) in [5.74, 6) is -2.04. The zero-order valence-corrected chi connectivity index (χ0v) is 16.9. The summed E-state index contributed by atoms with van der Waals surface area (Å²) in [5, 5.41) is 12.6. The number of anilines is 1. The largest absolute Gasteiger partial charge is 0.507 e. The SMILES string of the molecule is O=C(NNC(=O)c1cc(Cl)ccc1O)c1cccc(NC(=O)c2ccc(Br)o2)c1. The molecule has 4 N–H and O–H groups in total. The molecule has 0 saturated heterocycles. The van der Waals surface area contributed by atoms with Crippen LogP contribution in [0.4, 0.5) is 5.69 Å². The molecule has 0 radical (unpaired) electrons. The van der Waals surface area contributed by atoms with Crippen molar-refractivity contribution in [3.05, 3.63) is 81.2 Å². The van der Waals surface area contributed by atoms with Crippen LogP contribution in [0, 0.1) is 0 Å². The van der Waals surface area contributed by atoms with Crippen LogP contribution in [-0.2, 0) is 0 Å². The molecule has 3 aromatic rings. The second-order valence-corrected chi connectivity index (χ2v) is 6.93. The molecule has 0 aliphatic heterocycles. The average Bonchev–Trinajstić information content (AvgIpc) is 3.14. The third kappa shape index (κ3) is 5.15. The number of hydrogen-bond donors (Lipinski definition) is 4. The predicted molar refractivity (Wildman–Crippen MR) is 109 cm³/mol. The number of carbonyl (C=O) groups is 3. The predicted octanol–water partition coefficient (Wildman–Crippen LogP) is 3.73. The maximum Gasteiger partial charge on any atom is 0.291 e. The number of phenolic OH excluding ortho intramolecular Hbond substituents is 1. The van der Waals surface area contributed by atoms with Crippen LogP contribution in [0.1, 0.15) is 31.3 Å². The van der Waals surface area contributed by atoms with Gasteiger partial charge >= 0.3 is 0 Å². The Kier molecular flexibility index (Phi) is 6.20. The van der Waals surface area contributed by atoms with E-state index < -0.39 is 17.7 Å². The van der Waals surface area contributed by atoms with Crippen LogP contribution in [0.2, 0.25) is 5.02 Å². The van der Waals surface area contributed by atoms with Crippen molar-refractivity contribution in [2.45, 2.75) is 0 Å². The maximum atomic E-state index is 12.3. The van der Waals surface area contributed by atoms with Gasteiger partial charge in [-0.1, -0.05) is 17.7 Å². The Morgan fingerprint density at radius 3 is 2.41 bits per heavy atom. The molecule has 3 rings (SSSR count). The molecule has 0 saturated carbocycles. The highest BCUT2D eigenvalue weighted by Crippen LogP contribution is 2.21. The molecule has 0 aliphatic rings. The molecule has 1 aromatic heterocycles. The molecule has 29 heavy (non-hydrogen) atoms. The van der Waals surface area contributed by atoms with E-state index in [2.05, 4.69) is 32.1 Å². The number of hydrazine groups is 1. The number of amides is 3. The van der Waals surface area contributed by atoms with Crippen molar-refractivity contribution in [1.82, 2.24) is 10.9 Å². The first-order valence-electron chi connectivity index (χ1n) is 8.09. The van der Waals surface area contributed by atoms with Crippen molar-refractivity contribution in [2.24, 2.45) is 0 Å². The Bertz CT molecular complexity index is 1100. The quantitative estimate of drug-likeness (QED) is 0.426. The molecule has 0 atom stereocenters. The van der Waals surface area contributed by atoms with Crippen molar-refractivity contribution < 1.29 is 23.9 Å². The number of hydrogen-bond acceptors (Lipinski definition) is 5. The number of benzene rings is 2. The van der Waals surface area contributed by atoms with Gasteiger partial charge in [0.05, 0.1) is 5.56 Å². The monoisotopic (exact) mass is 477 g/mol. The highest BCUT2D eigenvalue weighted by molar-refractivity contribution is 9.10. The first-order chi connectivity index (χ1) is 13.8. The lowest BCUT2D eigenvalue weighted by atomic mass is 10.2. The van der Waals surface area contributed by atoms with Gasteiger partial charge in [0.15, 0.2) is 10.4 Å². The lowest BCUT2D eigenvalue weighted by Crippen LogP contribution is -2.41. The zero-order valence-electron chi connectivity index (χ0n) is 14.5. The fourth-order valence-electron chi connectivity index (χ4n) is 2.31. The summed E-state index contributed by atoms with van der Waals surface area (Å²) < 4.78 is 5.58. The molecule has 3 amide bonds. The first-order valence-corrected chi connectivity index (χ1v) is 9.26. The van der Waals surface area contributed by atoms with Crippen molar-refractivity contribution in [3.63, 3.8) is 0 Å². The molecule has 0 bridgehead atoms. The van der Waals surface area contributed by atoms with E-state index in [-0.39, 0.29) is 27.7 Å². The molecule has 0 fully saturated rings. The van der Waals surface area contributed by atoms with Crippen LogP contribution in [0.3, 0.4) is 0 Å². The van der Waals surface area contributed by atoms with Crippen molar-refractivity contribution in [2.75, 3.05) is 5.32 Å². The van der Waals surface area contributed by atoms with Gasteiger partial charge in [-0.3, -0.25) is 25.2 Å². The van der Waals surface area contributed by atoms with Gasteiger partial charge in [0.25, 0.3) is 17.7 Å². The fourth-order valence-corrected chi connectivity index (χ4v) is 2.79. The number of phenols is 1. The van der Waals surface area contributed by atoms with Crippen LogP contribution < -0.4 is 16.2 Å². The van der Waals surface area contributed by atoms with Crippen LogP contribution >= 0.6 is 27.5 Å². The van der Waals surface area contributed by atoms with E-state index in [1.165, 1.54) is 36.4 Å². The van der Waals surface area contributed by atoms with Gasteiger partial charge in [-0.2, -0.15) is 0 Å². The third-order valence-electron chi connectivity index (χ3n) is 3.67. The number of aromatic hydroxyl groups is 1. The second kappa shape index (κ2) is 8.80. The summed E-state index contributed by atoms with van der Waals surface area (Å²) in [6, 6.07) is 13.1. The Morgan fingerprint density at radius 2 is 1.69 bits per heavy atom. The van der Waals surface area contributed by atoms with Crippen molar-refractivity contribution in [1.29, 1.82) is 0 Å². The van der Waals surface area contributed by atoms with Gasteiger partial charge in [0.1, 0.15) is 5.75 Å². The molecule has 0 unspecified atom stereocenters. The van der Waals surface area contributed by atoms with E-state index in [1.807, 2.05) is 0 Å². The Balaban J connectivity index is 1.64. The van der Waals surface area contributed by atoms with Gasteiger partial charge in [-0.25, -0.2) is 0 Å². The third-order valence-corrected chi connectivity index (χ3v) is 4.33. The van der Waals surface area contributed by atoms with E-state index in [0.29, 0.717) is 10.4 Å². The van der Waals surface area contributed by atoms with E-state index >= 15 is 0 Å². The number of carbonyl (C=O) groups excluding carboxylic acids is 3. The first kappa shape index (κ1) is 20.4. The van der Waals surface area contributed by atoms with Gasteiger partial charge in [0, 0.05) is 16.3 Å². The molecular weight excluding hydrogens is 466 g/mol. The lowest BCUT2D eigenvalue weighted by Gasteiger charge is -2.10. The molecule has 10 heteroatoms. The van der Waals surface area contributed by atoms with E-state index in [9.17, 15) is 19.5 Å². The standard InChI is InChI=1S/C19H13BrClN3O5/c20-16-7-6-15(29-16)19(28)22-12-3-1-2-10(8-12)17(26)23-24-18(27)13-9-11(21)4-5-14(13)25/h1-9,25H,(H,22,28)(H,23,26)(H,24,27). The lowest BCUT2D eigenvalue weighted by molar-refractivity contribution is 0.0845. The molecule has 0 spiro atoms. The average molecular weight is 479 g/mol. The van der Waals surface area contributed by atoms with Gasteiger partial charge < -0.3 is 14.8 Å². The van der Waals surface area contributed by atoms with E-state index in [0.717, 1.165) is 0 Å². The summed E-state index contributed by atoms with van der Waals surface area (Å²) in [6.07, 6.45) is 0. The smallest absolute Gasteiger partial charge is 0.291 e. The van der Waals surface area contributed by atoms with Crippen molar-refractivity contribution in [3.8, 4) is 5.75 Å². The van der Waals surface area contributed by atoms with Crippen LogP contribution in [0.15, 0.2) is 63.7 Å². The van der Waals surface area contributed by atoms with Crippen molar-refractivity contribution >= 4 is 50.9 Å². The highest BCUT2D eigenvalue weighted by atomic mass is 79.9.